The van der Waals surface area contributed by atoms with E-state index in [1.807, 2.05) is 16.7 Å². The molecule has 5 rings (SSSR count). The number of anilines is 1. The number of hydrogen-bond donors (Lipinski definition) is 2. The van der Waals surface area contributed by atoms with Crippen molar-refractivity contribution in [1.82, 2.24) is 9.47 Å². The fraction of sp³-hybridized carbons (Fsp3) is 0.500. The maximum atomic E-state index is 12.8. The molecule has 4 heterocycles. The molecule has 0 aromatic carbocycles. The lowest BCUT2D eigenvalue weighted by Gasteiger charge is -2.43. The van der Waals surface area contributed by atoms with Gasteiger partial charge in [0, 0.05) is 42.2 Å². The van der Waals surface area contributed by atoms with Gasteiger partial charge in [-0.3, -0.25) is 14.4 Å². The van der Waals surface area contributed by atoms with Crippen molar-refractivity contribution in [2.45, 2.75) is 45.1 Å². The lowest BCUT2D eigenvalue weighted by Crippen LogP contribution is -2.48. The summed E-state index contributed by atoms with van der Waals surface area (Å²) >= 11 is 8.50. The van der Waals surface area contributed by atoms with E-state index in [1.165, 1.54) is 23.1 Å². The van der Waals surface area contributed by atoms with Crippen LogP contribution in [-0.4, -0.2) is 44.4 Å². The minimum absolute atomic E-state index is 0.0642. The zero-order chi connectivity index (χ0) is 24.0. The molecule has 3 aliphatic rings. The van der Waals surface area contributed by atoms with Gasteiger partial charge in [0.15, 0.2) is 0 Å². The largest absolute Gasteiger partial charge is 0.365 e. The van der Waals surface area contributed by atoms with Crippen LogP contribution in [0.2, 0.25) is 0 Å². The van der Waals surface area contributed by atoms with Crippen molar-refractivity contribution >= 4 is 56.5 Å². The molecular formula is C24H28N4O3S3. The number of hydrogen-bond acceptors (Lipinski definition) is 6. The second-order valence-corrected chi connectivity index (χ2v) is 12.3. The molecule has 0 saturated carbocycles. The summed E-state index contributed by atoms with van der Waals surface area (Å²) in [7, 11) is 0. The van der Waals surface area contributed by atoms with Crippen LogP contribution >= 0.6 is 35.3 Å². The van der Waals surface area contributed by atoms with Crippen LogP contribution in [0.1, 0.15) is 52.2 Å². The molecular weight excluding hydrogens is 488 g/mol. The number of carbonyl (C=O) groups excluding carboxylic acids is 2. The third kappa shape index (κ3) is 4.55. The van der Waals surface area contributed by atoms with Gasteiger partial charge in [-0.2, -0.15) is 0 Å². The number of thiocarbonyl (C=S) groups is 1. The third-order valence-corrected chi connectivity index (χ3v) is 9.77. The number of carbonyl (C=O) groups is 2. The average Bonchev–Trinajstić information content (AvgIpc) is 3.15. The Labute approximate surface area is 212 Å². The first-order valence-electron chi connectivity index (χ1n) is 11.7. The molecule has 1 aliphatic carbocycles. The first kappa shape index (κ1) is 23.6. The minimum Gasteiger partial charge on any atom is -0.365 e. The van der Waals surface area contributed by atoms with Gasteiger partial charge < -0.3 is 20.5 Å². The van der Waals surface area contributed by atoms with Gasteiger partial charge in [-0.05, 0) is 49.1 Å². The normalized spacial score (nSPS) is 23.1. The molecule has 1 saturated heterocycles. The first-order chi connectivity index (χ1) is 16.3. The van der Waals surface area contributed by atoms with Crippen LogP contribution < -0.4 is 16.6 Å². The van der Waals surface area contributed by atoms with E-state index in [0.717, 1.165) is 54.9 Å². The number of likely N-dealkylation sites (tertiary alicyclic amines) is 1. The van der Waals surface area contributed by atoms with Crippen LogP contribution in [0.15, 0.2) is 23.0 Å². The van der Waals surface area contributed by atoms with Gasteiger partial charge >= 0.3 is 0 Å². The molecule has 7 nitrogen and oxygen atoms in total. The van der Waals surface area contributed by atoms with E-state index < -0.39 is 5.91 Å². The summed E-state index contributed by atoms with van der Waals surface area (Å²) in [5.74, 6) is 0.722. The molecule has 2 aromatic rings. The predicted octanol–water partition coefficient (Wildman–Crippen LogP) is 3.21. The number of aromatic nitrogens is 1. The van der Waals surface area contributed by atoms with Crippen molar-refractivity contribution in [2.75, 3.05) is 24.2 Å². The van der Waals surface area contributed by atoms with E-state index in [4.69, 9.17) is 18.0 Å². The Bertz CT molecular complexity index is 1220. The number of thiophene rings is 1. The van der Waals surface area contributed by atoms with Crippen molar-refractivity contribution < 1.29 is 9.59 Å². The lowest BCUT2D eigenvalue weighted by molar-refractivity contribution is -0.113. The summed E-state index contributed by atoms with van der Waals surface area (Å²) in [6, 6.07) is 5.48. The topological polar surface area (TPSA) is 97.4 Å². The van der Waals surface area contributed by atoms with Crippen molar-refractivity contribution in [2.24, 2.45) is 17.6 Å². The van der Waals surface area contributed by atoms with Crippen LogP contribution in [-0.2, 0) is 24.2 Å². The van der Waals surface area contributed by atoms with Crippen molar-refractivity contribution in [1.29, 1.82) is 0 Å². The summed E-state index contributed by atoms with van der Waals surface area (Å²) in [4.78, 5) is 40.4. The Balaban J connectivity index is 1.21. The number of nitrogens with two attached hydrogens (primary N) is 1. The molecule has 0 radical (unpaired) electrons. The number of primary amides is 1. The number of amides is 2. The minimum atomic E-state index is -0.482. The Morgan fingerprint density at radius 1 is 1.29 bits per heavy atom. The van der Waals surface area contributed by atoms with Gasteiger partial charge in [-0.15, -0.1) is 11.3 Å². The smallest absolute Gasteiger partial charge is 0.251 e. The summed E-state index contributed by atoms with van der Waals surface area (Å²) in [6.07, 6.45) is 3.83. The predicted molar refractivity (Wildman–Crippen MR) is 141 cm³/mol. The molecule has 34 heavy (non-hydrogen) atoms. The van der Waals surface area contributed by atoms with Gasteiger partial charge in [0.05, 0.1) is 11.3 Å². The maximum Gasteiger partial charge on any atom is 0.251 e. The van der Waals surface area contributed by atoms with Gasteiger partial charge in [-0.1, -0.05) is 37.0 Å². The van der Waals surface area contributed by atoms with E-state index in [-0.39, 0.29) is 23.1 Å². The number of nitrogens with one attached hydrogen (secondary N) is 1. The van der Waals surface area contributed by atoms with Gasteiger partial charge in [0.25, 0.3) is 11.5 Å². The molecule has 2 amide bonds. The molecule has 3 atom stereocenters. The quantitative estimate of drug-likeness (QED) is 0.606. The monoisotopic (exact) mass is 516 g/mol. The van der Waals surface area contributed by atoms with Crippen LogP contribution in [0, 0.1) is 11.8 Å². The summed E-state index contributed by atoms with van der Waals surface area (Å²) < 4.78 is 2.60. The Morgan fingerprint density at radius 2 is 2.12 bits per heavy atom. The highest BCUT2D eigenvalue weighted by atomic mass is 32.2. The molecule has 3 N–H and O–H groups in total. The van der Waals surface area contributed by atoms with Crippen LogP contribution in [0.3, 0.4) is 0 Å². The zero-order valence-electron chi connectivity index (χ0n) is 19.0. The zero-order valence-corrected chi connectivity index (χ0v) is 21.5. The highest BCUT2D eigenvalue weighted by Gasteiger charge is 2.35. The van der Waals surface area contributed by atoms with E-state index in [1.54, 1.807) is 6.07 Å². The molecule has 180 valence electrons. The third-order valence-electron chi connectivity index (χ3n) is 7.08. The first-order valence-corrected chi connectivity index (χ1v) is 13.9. The van der Waals surface area contributed by atoms with Crippen LogP contribution in [0.5, 0.6) is 0 Å². The summed E-state index contributed by atoms with van der Waals surface area (Å²) in [6.45, 7) is 4.48. The molecule has 2 bridgehead atoms. The maximum absolute atomic E-state index is 12.8. The standard InChI is InChI=1S/C24H28N4O3S3/c1-13-5-6-16-18(7-13)34-23(21(16)22(25)31)26-19(29)12-33-24(32)27-9-14-8-15(11-27)17-3-2-4-20(30)28(17)10-14/h2-4,13-15H,5-12H2,1H3,(H2,25,31)(H,26,29)/t13-,14-,15-/m0/s1. The van der Waals surface area contributed by atoms with Gasteiger partial charge in [0.2, 0.25) is 5.91 Å². The summed E-state index contributed by atoms with van der Waals surface area (Å²) in [5.41, 5.74) is 8.29. The van der Waals surface area contributed by atoms with E-state index in [9.17, 15) is 14.4 Å². The van der Waals surface area contributed by atoms with Crippen molar-refractivity contribution in [3.05, 3.63) is 50.3 Å². The van der Waals surface area contributed by atoms with E-state index in [0.29, 0.717) is 33.3 Å². The van der Waals surface area contributed by atoms with Crippen LogP contribution in [0.25, 0.3) is 0 Å². The average molecular weight is 517 g/mol. The molecule has 2 aliphatic heterocycles. The highest BCUT2D eigenvalue weighted by molar-refractivity contribution is 8.23. The SMILES string of the molecule is C[C@H]1CCc2c(sc(NC(=O)CSC(=S)N3C[C@@H]4C[C@@H](C3)c3cccc(=O)n3C4)c2C(N)=O)C1. The number of thioether (sulfide) groups is 1. The molecule has 0 unspecified atom stereocenters. The van der Waals surface area contributed by atoms with Crippen molar-refractivity contribution in [3.63, 3.8) is 0 Å². The molecule has 10 heteroatoms. The Morgan fingerprint density at radius 3 is 2.91 bits per heavy atom. The van der Waals surface area contributed by atoms with Gasteiger partial charge in [-0.25, -0.2) is 0 Å². The second kappa shape index (κ2) is 9.47. The van der Waals surface area contributed by atoms with E-state index in [2.05, 4.69) is 17.1 Å². The fourth-order valence-corrected chi connectivity index (χ4v) is 7.94. The molecule has 1 fully saturated rings. The summed E-state index contributed by atoms with van der Waals surface area (Å²) in [5, 5.41) is 3.49. The van der Waals surface area contributed by atoms with Crippen molar-refractivity contribution in [3.8, 4) is 0 Å². The van der Waals surface area contributed by atoms with Gasteiger partial charge in [0.1, 0.15) is 9.32 Å². The van der Waals surface area contributed by atoms with E-state index >= 15 is 0 Å². The number of piperidine rings is 1. The lowest BCUT2D eigenvalue weighted by atomic mass is 9.83. The number of nitrogens with zero attached hydrogens (tertiary/aromatic N) is 2. The Kier molecular flexibility index (Phi) is 6.56. The number of pyridine rings is 1. The second-order valence-electron chi connectivity index (χ2n) is 9.63. The fourth-order valence-electron chi connectivity index (χ4n) is 5.53. The highest BCUT2D eigenvalue weighted by Crippen LogP contribution is 2.40. The number of rotatable bonds is 4. The molecule has 2 aromatic heterocycles. The van der Waals surface area contributed by atoms with Crippen LogP contribution in [0.4, 0.5) is 5.00 Å². The molecule has 0 spiro atoms. The number of fused-ring (bicyclic) bond motifs is 5. The Hall–Kier alpha value is -2.17.